The van der Waals surface area contributed by atoms with Gasteiger partial charge in [0, 0.05) is 17.5 Å². The number of carbonyl (C=O) groups excluding carboxylic acids is 1. The van der Waals surface area contributed by atoms with Crippen molar-refractivity contribution in [2.45, 2.75) is 13.8 Å². The number of benzene rings is 2. The summed E-state index contributed by atoms with van der Waals surface area (Å²) in [6.45, 7) is 3.81. The molecule has 0 fully saturated rings. The number of hydrogen-bond donors (Lipinski definition) is 2. The lowest BCUT2D eigenvalue weighted by atomic mass is 10.2. The van der Waals surface area contributed by atoms with Crippen molar-refractivity contribution in [1.29, 1.82) is 0 Å². The molecule has 0 saturated heterocycles. The van der Waals surface area contributed by atoms with E-state index in [1.807, 2.05) is 61.5 Å². The molecule has 6 heteroatoms. The summed E-state index contributed by atoms with van der Waals surface area (Å²) in [6.07, 6.45) is 1.27. The summed E-state index contributed by atoms with van der Waals surface area (Å²) in [5.41, 5.74) is 3.05. The maximum Gasteiger partial charge on any atom is 0.332 e. The van der Waals surface area contributed by atoms with Gasteiger partial charge in [0.05, 0.1) is 23.4 Å². The van der Waals surface area contributed by atoms with Crippen LogP contribution in [0, 0.1) is 6.92 Å². The first-order valence-corrected chi connectivity index (χ1v) is 8.50. The summed E-state index contributed by atoms with van der Waals surface area (Å²) < 4.78 is 6.13. The first-order valence-electron chi connectivity index (χ1n) is 8.50. The lowest BCUT2D eigenvalue weighted by molar-refractivity contribution is -0.133. The summed E-state index contributed by atoms with van der Waals surface area (Å²) in [7, 11) is 1.30. The standard InChI is InChI=1S/C21H21N3O3/c1-14-9-11-16(12-10-14)22-15(2)20-18(13-19(25)27-3)23-24(21(20)26)17-7-5-4-6-8-17/h4-13,22-23H,1-3H3/b18-13?,20-15-. The number of carbonyl (C=O) groups is 1. The topological polar surface area (TPSA) is 76.1 Å². The number of aromatic amines is 1. The molecule has 0 atom stereocenters. The van der Waals surface area contributed by atoms with Crippen LogP contribution in [0.1, 0.15) is 12.5 Å². The Kier molecular flexibility index (Phi) is 5.26. The fraction of sp³-hybridized carbons (Fsp3) is 0.143. The van der Waals surface area contributed by atoms with Crippen LogP contribution in [0.5, 0.6) is 0 Å². The molecule has 0 aliphatic rings. The van der Waals surface area contributed by atoms with Crippen molar-refractivity contribution < 1.29 is 9.53 Å². The number of H-pyrrole nitrogens is 1. The Balaban J connectivity index is 2.22. The number of anilines is 1. The van der Waals surface area contributed by atoms with Gasteiger partial charge >= 0.3 is 5.97 Å². The molecule has 3 aromatic rings. The van der Waals surface area contributed by atoms with Crippen LogP contribution < -0.4 is 21.4 Å². The summed E-state index contributed by atoms with van der Waals surface area (Å²) in [5.74, 6) is -0.541. The molecule has 0 bridgehead atoms. The Morgan fingerprint density at radius 2 is 1.78 bits per heavy atom. The van der Waals surface area contributed by atoms with Gasteiger partial charge in [-0.2, -0.15) is 0 Å². The van der Waals surface area contributed by atoms with E-state index in [4.69, 9.17) is 4.74 Å². The van der Waals surface area contributed by atoms with E-state index in [1.54, 1.807) is 6.92 Å². The average Bonchev–Trinajstić information content (AvgIpc) is 3.00. The third kappa shape index (κ3) is 4.00. The molecule has 1 heterocycles. The molecule has 0 saturated carbocycles. The summed E-state index contributed by atoms with van der Waals surface area (Å²) >= 11 is 0. The minimum absolute atomic E-state index is 0.256. The zero-order valence-corrected chi connectivity index (χ0v) is 15.4. The van der Waals surface area contributed by atoms with Crippen molar-refractivity contribution in [1.82, 2.24) is 9.78 Å². The Morgan fingerprint density at radius 1 is 1.11 bits per heavy atom. The number of ether oxygens (including phenoxy) is 1. The minimum atomic E-state index is -0.541. The predicted molar refractivity (Wildman–Crippen MR) is 106 cm³/mol. The van der Waals surface area contributed by atoms with Crippen molar-refractivity contribution in [2.24, 2.45) is 0 Å². The average molecular weight is 363 g/mol. The molecule has 27 heavy (non-hydrogen) atoms. The van der Waals surface area contributed by atoms with E-state index in [2.05, 4.69) is 10.4 Å². The summed E-state index contributed by atoms with van der Waals surface area (Å²) in [4.78, 5) is 24.8. The SMILES string of the molecule is COC(=O)C=c1[nH]n(-c2ccccc2)c(=O)/c1=C(/C)Nc1ccc(C)cc1. The Hall–Kier alpha value is -3.54. The molecule has 2 N–H and O–H groups in total. The lowest BCUT2D eigenvalue weighted by Crippen LogP contribution is -2.38. The highest BCUT2D eigenvalue weighted by atomic mass is 16.5. The van der Waals surface area contributed by atoms with Crippen LogP contribution in [0.25, 0.3) is 17.5 Å². The third-order valence-corrected chi connectivity index (χ3v) is 4.15. The third-order valence-electron chi connectivity index (χ3n) is 4.15. The van der Waals surface area contributed by atoms with Gasteiger partial charge in [0.15, 0.2) is 0 Å². The van der Waals surface area contributed by atoms with Gasteiger partial charge in [-0.3, -0.25) is 9.89 Å². The molecule has 0 aliphatic carbocycles. The molecule has 0 spiro atoms. The van der Waals surface area contributed by atoms with Gasteiger partial charge in [0.2, 0.25) is 0 Å². The molecule has 2 aromatic carbocycles. The van der Waals surface area contributed by atoms with E-state index in [0.29, 0.717) is 22.0 Å². The van der Waals surface area contributed by atoms with Gasteiger partial charge in [0.25, 0.3) is 5.56 Å². The Morgan fingerprint density at radius 3 is 2.41 bits per heavy atom. The largest absolute Gasteiger partial charge is 0.466 e. The second-order valence-corrected chi connectivity index (χ2v) is 6.16. The van der Waals surface area contributed by atoms with Crippen molar-refractivity contribution in [3.8, 4) is 5.69 Å². The number of esters is 1. The maximum atomic E-state index is 13.0. The first-order chi connectivity index (χ1) is 13.0. The molecular formula is C21H21N3O3. The molecule has 1 aromatic heterocycles. The van der Waals surface area contributed by atoms with Gasteiger partial charge in [-0.1, -0.05) is 35.9 Å². The number of rotatable bonds is 4. The molecule has 3 rings (SSSR count). The van der Waals surface area contributed by atoms with Gasteiger partial charge in [-0.25, -0.2) is 9.48 Å². The van der Waals surface area contributed by atoms with E-state index in [0.717, 1.165) is 11.3 Å². The fourth-order valence-electron chi connectivity index (χ4n) is 2.77. The van der Waals surface area contributed by atoms with Gasteiger partial charge in [0.1, 0.15) is 0 Å². The van der Waals surface area contributed by atoms with Gasteiger partial charge < -0.3 is 10.1 Å². The number of aromatic nitrogens is 2. The second-order valence-electron chi connectivity index (χ2n) is 6.16. The van der Waals surface area contributed by atoms with Crippen LogP contribution in [0.3, 0.4) is 0 Å². The van der Waals surface area contributed by atoms with Crippen LogP contribution >= 0.6 is 0 Å². The number of nitrogens with one attached hydrogen (secondary N) is 2. The Labute approximate surface area is 156 Å². The Bertz CT molecular complexity index is 1120. The molecule has 138 valence electrons. The van der Waals surface area contributed by atoms with Crippen molar-refractivity contribution >= 4 is 23.4 Å². The smallest absolute Gasteiger partial charge is 0.332 e. The maximum absolute atomic E-state index is 13.0. The van der Waals surface area contributed by atoms with E-state index >= 15 is 0 Å². The van der Waals surface area contributed by atoms with E-state index in [1.165, 1.54) is 17.9 Å². The number of nitrogens with zero attached hydrogens (tertiary/aromatic N) is 1. The molecule has 6 nitrogen and oxygen atoms in total. The van der Waals surface area contributed by atoms with E-state index in [-0.39, 0.29) is 5.56 Å². The zero-order valence-electron chi connectivity index (χ0n) is 15.4. The van der Waals surface area contributed by atoms with Crippen molar-refractivity contribution in [2.75, 3.05) is 12.4 Å². The number of methoxy groups -OCH3 is 1. The highest BCUT2D eigenvalue weighted by Crippen LogP contribution is 2.10. The van der Waals surface area contributed by atoms with E-state index in [9.17, 15) is 9.59 Å². The van der Waals surface area contributed by atoms with E-state index < -0.39 is 5.97 Å². The molecule has 0 unspecified atom stereocenters. The summed E-state index contributed by atoms with van der Waals surface area (Å²) in [5, 5.41) is 6.99. The number of aryl methyl sites for hydroxylation is 1. The summed E-state index contributed by atoms with van der Waals surface area (Å²) in [6, 6.07) is 17.0. The van der Waals surface area contributed by atoms with Crippen LogP contribution in [0.4, 0.5) is 5.69 Å². The molecule has 0 aliphatic heterocycles. The highest BCUT2D eigenvalue weighted by Gasteiger charge is 2.09. The number of para-hydroxylation sites is 1. The van der Waals surface area contributed by atoms with Crippen molar-refractivity contribution in [3.05, 3.63) is 81.1 Å². The highest BCUT2D eigenvalue weighted by molar-refractivity contribution is 5.99. The molecule has 0 radical (unpaired) electrons. The normalized spacial score (nSPS) is 12.6. The van der Waals surface area contributed by atoms with Gasteiger partial charge in [-0.05, 0) is 38.1 Å². The van der Waals surface area contributed by atoms with Crippen LogP contribution in [0.15, 0.2) is 59.4 Å². The van der Waals surface area contributed by atoms with Gasteiger partial charge in [-0.15, -0.1) is 0 Å². The first kappa shape index (κ1) is 18.3. The quantitative estimate of drug-likeness (QED) is 0.692. The molecule has 0 amide bonds. The zero-order chi connectivity index (χ0) is 19.4. The lowest BCUT2D eigenvalue weighted by Gasteiger charge is -2.05. The minimum Gasteiger partial charge on any atom is -0.466 e. The predicted octanol–water partition coefficient (Wildman–Crippen LogP) is 1.67. The van der Waals surface area contributed by atoms with Crippen molar-refractivity contribution in [3.63, 3.8) is 0 Å². The number of hydrogen-bond acceptors (Lipinski definition) is 4. The second kappa shape index (κ2) is 7.78. The fourth-order valence-corrected chi connectivity index (χ4v) is 2.77. The molecular weight excluding hydrogens is 342 g/mol. The monoisotopic (exact) mass is 363 g/mol. The van der Waals surface area contributed by atoms with Crippen LogP contribution in [0.2, 0.25) is 0 Å². The van der Waals surface area contributed by atoms with Crippen LogP contribution in [-0.4, -0.2) is 22.9 Å². The van der Waals surface area contributed by atoms with Crippen LogP contribution in [-0.2, 0) is 9.53 Å².